The molecule has 0 spiro atoms. The van der Waals surface area contributed by atoms with Gasteiger partial charge in [0.1, 0.15) is 0 Å². The van der Waals surface area contributed by atoms with Crippen molar-refractivity contribution in [1.29, 1.82) is 0 Å². The minimum atomic E-state index is -0.689. The molecule has 1 aliphatic rings. The van der Waals surface area contributed by atoms with Crippen LogP contribution in [0.25, 0.3) is 0 Å². The topological polar surface area (TPSA) is 70.6 Å². The maximum atomic E-state index is 11.9. The maximum Gasteiger partial charge on any atom is 0.314 e. The smallest absolute Gasteiger partial charge is 0.314 e. The highest BCUT2D eigenvalue weighted by molar-refractivity contribution is 5.73. The lowest BCUT2D eigenvalue weighted by Gasteiger charge is -2.28. The van der Waals surface area contributed by atoms with Gasteiger partial charge >= 0.3 is 6.03 Å². The summed E-state index contributed by atoms with van der Waals surface area (Å²) in [5.74, 6) is 0. The summed E-state index contributed by atoms with van der Waals surface area (Å²) in [6.07, 6.45) is 3.88. The van der Waals surface area contributed by atoms with Crippen molar-refractivity contribution < 1.29 is 14.6 Å². The number of hydrogen-bond donors (Lipinski definition) is 3. The van der Waals surface area contributed by atoms with Gasteiger partial charge in [0.2, 0.25) is 0 Å². The molecule has 5 nitrogen and oxygen atoms in total. The largest absolute Gasteiger partial charge is 0.387 e. The zero-order valence-corrected chi connectivity index (χ0v) is 13.2. The molecule has 0 heterocycles. The van der Waals surface area contributed by atoms with Crippen LogP contribution in [-0.2, 0) is 4.74 Å². The van der Waals surface area contributed by atoms with Crippen LogP contribution in [0.2, 0.25) is 0 Å². The summed E-state index contributed by atoms with van der Waals surface area (Å²) < 4.78 is 5.31. The third-order valence-electron chi connectivity index (χ3n) is 4.38. The van der Waals surface area contributed by atoms with Crippen molar-refractivity contribution in [2.24, 2.45) is 5.41 Å². The van der Waals surface area contributed by atoms with E-state index < -0.39 is 6.10 Å². The second-order valence-corrected chi connectivity index (χ2v) is 6.13. The van der Waals surface area contributed by atoms with Crippen LogP contribution in [0.3, 0.4) is 0 Å². The van der Waals surface area contributed by atoms with Crippen molar-refractivity contribution in [2.75, 3.05) is 26.8 Å². The molecule has 2 amide bonds. The first-order valence-electron chi connectivity index (χ1n) is 7.89. The molecular weight excluding hydrogens is 280 g/mol. The van der Waals surface area contributed by atoms with Crippen LogP contribution in [0.4, 0.5) is 4.79 Å². The molecule has 22 heavy (non-hydrogen) atoms. The van der Waals surface area contributed by atoms with Crippen molar-refractivity contribution in [3.05, 3.63) is 35.9 Å². The molecule has 0 bridgehead atoms. The van der Waals surface area contributed by atoms with Crippen LogP contribution in [0, 0.1) is 5.41 Å². The predicted molar refractivity (Wildman–Crippen MR) is 85.6 cm³/mol. The summed E-state index contributed by atoms with van der Waals surface area (Å²) in [6, 6.07) is 9.08. The molecule has 2 rings (SSSR count). The summed E-state index contributed by atoms with van der Waals surface area (Å²) in [4.78, 5) is 11.9. The van der Waals surface area contributed by atoms with Gasteiger partial charge in [-0.3, -0.25) is 0 Å². The second-order valence-electron chi connectivity index (χ2n) is 6.13. The fourth-order valence-electron chi connectivity index (χ4n) is 3.12. The van der Waals surface area contributed by atoms with E-state index in [0.717, 1.165) is 18.4 Å². The molecule has 1 aromatic rings. The number of hydrogen-bond acceptors (Lipinski definition) is 3. The summed E-state index contributed by atoms with van der Waals surface area (Å²) >= 11 is 0. The van der Waals surface area contributed by atoms with Crippen molar-refractivity contribution in [1.82, 2.24) is 10.6 Å². The SMILES string of the molecule is COCC1(CNC(=O)NCC(O)c2ccccc2)CCCC1. The van der Waals surface area contributed by atoms with Gasteiger partial charge in [0, 0.05) is 25.6 Å². The average molecular weight is 306 g/mol. The van der Waals surface area contributed by atoms with Gasteiger partial charge in [0.05, 0.1) is 12.7 Å². The second kappa shape index (κ2) is 8.15. The molecule has 1 unspecified atom stereocenters. The monoisotopic (exact) mass is 306 g/mol. The lowest BCUT2D eigenvalue weighted by atomic mass is 9.87. The van der Waals surface area contributed by atoms with Crippen LogP contribution >= 0.6 is 0 Å². The Kier molecular flexibility index (Phi) is 6.21. The number of carbonyl (C=O) groups is 1. The summed E-state index contributed by atoms with van der Waals surface area (Å²) in [5, 5.41) is 15.7. The number of carbonyl (C=O) groups excluding carboxylic acids is 1. The highest BCUT2D eigenvalue weighted by Crippen LogP contribution is 2.37. The number of amides is 2. The molecular formula is C17H26N2O3. The minimum Gasteiger partial charge on any atom is -0.387 e. The number of ether oxygens (including phenoxy) is 1. The molecule has 122 valence electrons. The van der Waals surface area contributed by atoms with Gasteiger partial charge in [-0.25, -0.2) is 4.79 Å². The quantitative estimate of drug-likeness (QED) is 0.723. The molecule has 1 aliphatic carbocycles. The summed E-state index contributed by atoms with van der Waals surface area (Å²) in [7, 11) is 1.70. The first-order chi connectivity index (χ1) is 10.7. The van der Waals surface area contributed by atoms with E-state index in [2.05, 4.69) is 10.6 Å². The highest BCUT2D eigenvalue weighted by atomic mass is 16.5. The molecule has 5 heteroatoms. The molecule has 0 aromatic heterocycles. The van der Waals surface area contributed by atoms with E-state index in [9.17, 15) is 9.90 Å². The highest BCUT2D eigenvalue weighted by Gasteiger charge is 2.34. The van der Waals surface area contributed by atoms with Crippen LogP contribution in [-0.4, -0.2) is 37.9 Å². The van der Waals surface area contributed by atoms with Gasteiger partial charge in [-0.1, -0.05) is 43.2 Å². The van der Waals surface area contributed by atoms with E-state index in [1.165, 1.54) is 12.8 Å². The van der Waals surface area contributed by atoms with Crippen molar-refractivity contribution in [2.45, 2.75) is 31.8 Å². The Hall–Kier alpha value is -1.59. The van der Waals surface area contributed by atoms with Crippen LogP contribution in [0.5, 0.6) is 0 Å². The number of rotatable bonds is 7. The zero-order valence-electron chi connectivity index (χ0n) is 13.2. The van der Waals surface area contributed by atoms with Crippen molar-refractivity contribution >= 4 is 6.03 Å². The number of aliphatic hydroxyl groups is 1. The molecule has 0 radical (unpaired) electrons. The number of methoxy groups -OCH3 is 1. The molecule has 1 saturated carbocycles. The number of nitrogens with one attached hydrogen (secondary N) is 2. The average Bonchev–Trinajstić information content (AvgIpc) is 3.01. The van der Waals surface area contributed by atoms with Crippen LogP contribution in [0.1, 0.15) is 37.4 Å². The minimum absolute atomic E-state index is 0.0735. The molecule has 1 atom stereocenters. The normalized spacial score (nSPS) is 17.9. The van der Waals surface area contributed by atoms with E-state index in [-0.39, 0.29) is 18.0 Å². The molecule has 1 aromatic carbocycles. The van der Waals surface area contributed by atoms with E-state index in [1.54, 1.807) is 7.11 Å². The van der Waals surface area contributed by atoms with Gasteiger partial charge in [-0.2, -0.15) is 0 Å². The van der Waals surface area contributed by atoms with Gasteiger partial charge in [0.25, 0.3) is 0 Å². The van der Waals surface area contributed by atoms with Gasteiger partial charge < -0.3 is 20.5 Å². The van der Waals surface area contributed by atoms with E-state index in [4.69, 9.17) is 4.74 Å². The Balaban J connectivity index is 1.73. The van der Waals surface area contributed by atoms with E-state index in [1.807, 2.05) is 30.3 Å². The Morgan fingerprint density at radius 1 is 1.27 bits per heavy atom. The van der Waals surface area contributed by atoms with Crippen LogP contribution < -0.4 is 10.6 Å². The Morgan fingerprint density at radius 3 is 2.59 bits per heavy atom. The fraction of sp³-hybridized carbons (Fsp3) is 0.588. The molecule has 0 aliphatic heterocycles. The lowest BCUT2D eigenvalue weighted by molar-refractivity contribution is 0.0840. The first kappa shape index (κ1) is 16.8. The van der Waals surface area contributed by atoms with Crippen molar-refractivity contribution in [3.8, 4) is 0 Å². The zero-order chi connectivity index (χ0) is 15.8. The van der Waals surface area contributed by atoms with Crippen molar-refractivity contribution in [3.63, 3.8) is 0 Å². The third kappa shape index (κ3) is 4.71. The Labute approximate surface area is 132 Å². The lowest BCUT2D eigenvalue weighted by Crippen LogP contribution is -2.44. The Bertz CT molecular complexity index is 458. The first-order valence-corrected chi connectivity index (χ1v) is 7.89. The molecule has 3 N–H and O–H groups in total. The molecule has 1 fully saturated rings. The number of urea groups is 1. The third-order valence-corrected chi connectivity index (χ3v) is 4.38. The summed E-state index contributed by atoms with van der Waals surface area (Å²) in [5.41, 5.74) is 0.874. The standard InChI is InChI=1S/C17H26N2O3/c1-22-13-17(9-5-6-10-17)12-19-16(21)18-11-15(20)14-7-3-2-4-8-14/h2-4,7-8,15,20H,5-6,9-13H2,1H3,(H2,18,19,21). The van der Waals surface area contributed by atoms with Gasteiger partial charge in [-0.15, -0.1) is 0 Å². The summed E-state index contributed by atoms with van der Waals surface area (Å²) in [6.45, 7) is 1.50. The van der Waals surface area contributed by atoms with Gasteiger partial charge in [-0.05, 0) is 18.4 Å². The Morgan fingerprint density at radius 2 is 1.95 bits per heavy atom. The molecule has 0 saturated heterocycles. The van der Waals surface area contributed by atoms with E-state index >= 15 is 0 Å². The van der Waals surface area contributed by atoms with E-state index in [0.29, 0.717) is 13.2 Å². The number of benzene rings is 1. The van der Waals surface area contributed by atoms with Crippen LogP contribution in [0.15, 0.2) is 30.3 Å². The fourth-order valence-corrected chi connectivity index (χ4v) is 3.12. The predicted octanol–water partition coefficient (Wildman–Crippen LogP) is 2.23. The number of aliphatic hydroxyl groups excluding tert-OH is 1. The van der Waals surface area contributed by atoms with Gasteiger partial charge in [0.15, 0.2) is 0 Å². The maximum absolute atomic E-state index is 11.9.